The van der Waals surface area contributed by atoms with Gasteiger partial charge in [-0.1, -0.05) is 18.2 Å². The highest BCUT2D eigenvalue weighted by Gasteiger charge is 2.05. The number of fused-ring (bicyclic) bond motifs is 1. The molecule has 2 rings (SSSR count). The molecule has 0 radical (unpaired) electrons. The quantitative estimate of drug-likeness (QED) is 0.839. The first-order chi connectivity index (χ1) is 8.81. The molecule has 0 atom stereocenters. The molecule has 1 aromatic carbocycles. The average molecular weight is 260 g/mol. The average Bonchev–Trinajstić information content (AvgIpc) is 2.39. The Morgan fingerprint density at radius 2 is 2.17 bits per heavy atom. The molecule has 1 aromatic heterocycles. The minimum absolute atomic E-state index is 0.0576. The van der Waals surface area contributed by atoms with Crippen LogP contribution < -0.4 is 5.32 Å². The number of nitrogens with zero attached hydrogens (tertiary/aromatic N) is 1. The number of hydrogen-bond donors (Lipinski definition) is 1. The smallest absolute Gasteiger partial charge is 0.224 e. The molecule has 0 aliphatic heterocycles. The van der Waals surface area contributed by atoms with Gasteiger partial charge in [0.1, 0.15) is 0 Å². The topological polar surface area (TPSA) is 42.0 Å². The van der Waals surface area contributed by atoms with Crippen molar-refractivity contribution < 1.29 is 4.79 Å². The van der Waals surface area contributed by atoms with Crippen molar-refractivity contribution in [3.63, 3.8) is 0 Å². The monoisotopic (exact) mass is 260 g/mol. The number of pyridine rings is 1. The zero-order valence-electron chi connectivity index (χ0n) is 10.3. The van der Waals surface area contributed by atoms with E-state index in [4.69, 9.17) is 0 Å². The van der Waals surface area contributed by atoms with Gasteiger partial charge in [0.15, 0.2) is 0 Å². The standard InChI is InChI=1S/C14H16N2OS/c1-18-10-4-8-13(17)16-12-7-2-5-11-6-3-9-15-14(11)12/h2-3,5-7,9H,4,8,10H2,1H3,(H,16,17). The molecule has 0 aliphatic rings. The van der Waals surface area contributed by atoms with Crippen LogP contribution in [0.1, 0.15) is 12.8 Å². The molecule has 0 saturated carbocycles. The van der Waals surface area contributed by atoms with Crippen LogP contribution in [0.5, 0.6) is 0 Å². The largest absolute Gasteiger partial charge is 0.324 e. The van der Waals surface area contributed by atoms with Crippen LogP contribution >= 0.6 is 11.8 Å². The lowest BCUT2D eigenvalue weighted by Gasteiger charge is -2.07. The van der Waals surface area contributed by atoms with Crippen LogP contribution in [0, 0.1) is 0 Å². The van der Waals surface area contributed by atoms with Crippen LogP contribution in [0.4, 0.5) is 5.69 Å². The number of nitrogens with one attached hydrogen (secondary N) is 1. The van der Waals surface area contributed by atoms with Crippen LogP contribution in [0.2, 0.25) is 0 Å². The van der Waals surface area contributed by atoms with E-state index in [1.807, 2.05) is 36.6 Å². The Labute approximate surface area is 111 Å². The highest BCUT2D eigenvalue weighted by Crippen LogP contribution is 2.20. The fourth-order valence-corrected chi connectivity index (χ4v) is 2.23. The van der Waals surface area contributed by atoms with E-state index in [1.165, 1.54) is 0 Å². The molecule has 4 heteroatoms. The number of thioether (sulfide) groups is 1. The lowest BCUT2D eigenvalue weighted by Crippen LogP contribution is -2.11. The summed E-state index contributed by atoms with van der Waals surface area (Å²) in [6.07, 6.45) is 5.26. The summed E-state index contributed by atoms with van der Waals surface area (Å²) in [6, 6.07) is 9.70. The van der Waals surface area contributed by atoms with Crippen molar-refractivity contribution in [1.29, 1.82) is 0 Å². The predicted octanol–water partition coefficient (Wildman–Crippen LogP) is 3.32. The number of benzene rings is 1. The Kier molecular flexibility index (Phi) is 4.59. The summed E-state index contributed by atoms with van der Waals surface area (Å²) in [6.45, 7) is 0. The normalized spacial score (nSPS) is 10.5. The summed E-state index contributed by atoms with van der Waals surface area (Å²) in [5, 5.41) is 3.97. The number of carbonyl (C=O) groups is 1. The number of aromatic nitrogens is 1. The molecule has 0 saturated heterocycles. The Balaban J connectivity index is 2.09. The first-order valence-corrected chi connectivity index (χ1v) is 7.33. The van der Waals surface area contributed by atoms with E-state index in [1.54, 1.807) is 18.0 Å². The molecule has 18 heavy (non-hydrogen) atoms. The number of para-hydroxylation sites is 1. The molecule has 0 fully saturated rings. The molecule has 2 aromatic rings. The maximum atomic E-state index is 11.8. The second kappa shape index (κ2) is 6.40. The van der Waals surface area contributed by atoms with Crippen molar-refractivity contribution in [3.8, 4) is 0 Å². The summed E-state index contributed by atoms with van der Waals surface area (Å²) in [5.74, 6) is 1.07. The van der Waals surface area contributed by atoms with Gasteiger partial charge in [0.2, 0.25) is 5.91 Å². The molecule has 0 spiro atoms. The third kappa shape index (κ3) is 3.23. The molecule has 0 aliphatic carbocycles. The van der Waals surface area contributed by atoms with Crippen LogP contribution in [0.3, 0.4) is 0 Å². The lowest BCUT2D eigenvalue weighted by molar-refractivity contribution is -0.116. The Hall–Kier alpha value is -1.55. The van der Waals surface area contributed by atoms with Gasteiger partial charge in [-0.3, -0.25) is 9.78 Å². The van der Waals surface area contributed by atoms with Gasteiger partial charge in [-0.15, -0.1) is 0 Å². The van der Waals surface area contributed by atoms with Crippen molar-refractivity contribution in [2.75, 3.05) is 17.3 Å². The third-order valence-corrected chi connectivity index (χ3v) is 3.36. The van der Waals surface area contributed by atoms with Crippen LogP contribution in [-0.4, -0.2) is 22.9 Å². The first kappa shape index (κ1) is 12.9. The zero-order valence-corrected chi connectivity index (χ0v) is 11.2. The predicted molar refractivity (Wildman–Crippen MR) is 78.0 cm³/mol. The molecular weight excluding hydrogens is 244 g/mol. The molecule has 1 heterocycles. The first-order valence-electron chi connectivity index (χ1n) is 5.94. The summed E-state index contributed by atoms with van der Waals surface area (Å²) in [4.78, 5) is 16.1. The molecule has 94 valence electrons. The van der Waals surface area contributed by atoms with E-state index < -0.39 is 0 Å². The SMILES string of the molecule is CSCCCC(=O)Nc1cccc2cccnc12. The van der Waals surface area contributed by atoms with Crippen molar-refractivity contribution in [2.45, 2.75) is 12.8 Å². The Morgan fingerprint density at radius 3 is 3.00 bits per heavy atom. The van der Waals surface area contributed by atoms with Gasteiger partial charge in [-0.05, 0) is 30.6 Å². The molecular formula is C14H16N2OS. The Bertz CT molecular complexity index is 537. The maximum absolute atomic E-state index is 11.8. The lowest BCUT2D eigenvalue weighted by atomic mass is 10.2. The minimum Gasteiger partial charge on any atom is -0.324 e. The van der Waals surface area contributed by atoms with Crippen LogP contribution in [0.15, 0.2) is 36.5 Å². The second-order valence-electron chi connectivity index (χ2n) is 4.03. The van der Waals surface area contributed by atoms with E-state index in [2.05, 4.69) is 10.3 Å². The fourth-order valence-electron chi connectivity index (χ4n) is 1.79. The Morgan fingerprint density at radius 1 is 1.33 bits per heavy atom. The number of carbonyl (C=O) groups excluding carboxylic acids is 1. The van der Waals surface area contributed by atoms with Gasteiger partial charge in [0.25, 0.3) is 0 Å². The number of amides is 1. The van der Waals surface area contributed by atoms with Gasteiger partial charge < -0.3 is 5.32 Å². The van der Waals surface area contributed by atoms with Gasteiger partial charge in [-0.25, -0.2) is 0 Å². The molecule has 1 N–H and O–H groups in total. The maximum Gasteiger partial charge on any atom is 0.224 e. The summed E-state index contributed by atoms with van der Waals surface area (Å²) in [7, 11) is 0. The van der Waals surface area contributed by atoms with E-state index in [0.717, 1.165) is 28.8 Å². The molecule has 0 bridgehead atoms. The van der Waals surface area contributed by atoms with Gasteiger partial charge >= 0.3 is 0 Å². The van der Waals surface area contributed by atoms with Crippen LogP contribution in [-0.2, 0) is 4.79 Å². The van der Waals surface area contributed by atoms with E-state index >= 15 is 0 Å². The minimum atomic E-state index is 0.0576. The molecule has 0 unspecified atom stereocenters. The number of anilines is 1. The van der Waals surface area contributed by atoms with E-state index in [0.29, 0.717) is 6.42 Å². The summed E-state index contributed by atoms with van der Waals surface area (Å²) in [5.41, 5.74) is 1.64. The van der Waals surface area contributed by atoms with E-state index in [9.17, 15) is 4.79 Å². The highest BCUT2D eigenvalue weighted by atomic mass is 32.2. The van der Waals surface area contributed by atoms with Crippen molar-refractivity contribution >= 4 is 34.3 Å². The van der Waals surface area contributed by atoms with Crippen molar-refractivity contribution in [3.05, 3.63) is 36.5 Å². The van der Waals surface area contributed by atoms with Gasteiger partial charge in [0.05, 0.1) is 11.2 Å². The molecule has 3 nitrogen and oxygen atoms in total. The second-order valence-corrected chi connectivity index (χ2v) is 5.01. The highest BCUT2D eigenvalue weighted by molar-refractivity contribution is 7.98. The molecule has 1 amide bonds. The van der Waals surface area contributed by atoms with Gasteiger partial charge in [-0.2, -0.15) is 11.8 Å². The third-order valence-electron chi connectivity index (χ3n) is 2.66. The van der Waals surface area contributed by atoms with Crippen molar-refractivity contribution in [1.82, 2.24) is 4.98 Å². The zero-order chi connectivity index (χ0) is 12.8. The summed E-state index contributed by atoms with van der Waals surface area (Å²) < 4.78 is 0. The summed E-state index contributed by atoms with van der Waals surface area (Å²) >= 11 is 1.76. The van der Waals surface area contributed by atoms with Gasteiger partial charge in [0, 0.05) is 18.0 Å². The van der Waals surface area contributed by atoms with Crippen LogP contribution in [0.25, 0.3) is 10.9 Å². The fraction of sp³-hybridized carbons (Fsp3) is 0.286. The number of hydrogen-bond acceptors (Lipinski definition) is 3. The van der Waals surface area contributed by atoms with Crippen molar-refractivity contribution in [2.24, 2.45) is 0 Å². The van der Waals surface area contributed by atoms with E-state index in [-0.39, 0.29) is 5.91 Å². The number of rotatable bonds is 5.